The predicted octanol–water partition coefficient (Wildman–Crippen LogP) is 3.44. The summed E-state index contributed by atoms with van der Waals surface area (Å²) in [4.78, 5) is 17.0. The molecule has 0 bridgehead atoms. The van der Waals surface area contributed by atoms with E-state index in [1.807, 2.05) is 7.05 Å². The van der Waals surface area contributed by atoms with Gasteiger partial charge in [-0.3, -0.25) is 4.68 Å². The number of aryl methyl sites for hydroxylation is 1. The molecule has 0 atom stereocenters. The molecule has 0 spiro atoms. The van der Waals surface area contributed by atoms with Crippen LogP contribution in [0.15, 0.2) is 30.3 Å². The molecular weight excluding hydrogens is 309 g/mol. The van der Waals surface area contributed by atoms with Crippen molar-refractivity contribution in [3.05, 3.63) is 47.4 Å². The molecule has 0 saturated heterocycles. The molecule has 1 aliphatic rings. The van der Waals surface area contributed by atoms with Gasteiger partial charge in [0.15, 0.2) is 5.65 Å². The number of ether oxygens (including phenoxy) is 1. The van der Waals surface area contributed by atoms with Crippen molar-refractivity contribution in [3.63, 3.8) is 0 Å². The lowest BCUT2D eigenvalue weighted by molar-refractivity contribution is 0.0603. The van der Waals surface area contributed by atoms with E-state index in [4.69, 9.17) is 4.74 Å². The molecule has 4 rings (SSSR count). The average Bonchev–Trinajstić information content (AvgIpc) is 3.38. The van der Waals surface area contributed by atoms with E-state index in [9.17, 15) is 9.18 Å². The molecule has 5 nitrogen and oxygen atoms in total. The number of carbonyl (C=O) groups excluding carboxylic acids is 1. The Kier molecular flexibility index (Phi) is 3.33. The van der Waals surface area contributed by atoms with Crippen LogP contribution in [0.1, 0.15) is 34.8 Å². The van der Waals surface area contributed by atoms with Gasteiger partial charge in [-0.1, -0.05) is 0 Å². The van der Waals surface area contributed by atoms with E-state index >= 15 is 0 Å². The standard InChI is InChI=1S/C18H16FN3O2/c1-22-17-15(16(21-22)11-3-4-11)13(18(23)24-2)9-14(20-17)10-5-7-12(19)8-6-10/h5-9,11H,3-4H2,1-2H3. The van der Waals surface area contributed by atoms with Crippen molar-refractivity contribution in [3.8, 4) is 11.3 Å². The molecule has 122 valence electrons. The normalized spacial score (nSPS) is 14.1. The van der Waals surface area contributed by atoms with Crippen LogP contribution in [0.25, 0.3) is 22.3 Å². The Hall–Kier alpha value is -2.76. The second-order valence-electron chi connectivity index (χ2n) is 6.04. The van der Waals surface area contributed by atoms with Crippen molar-refractivity contribution in [2.75, 3.05) is 7.11 Å². The van der Waals surface area contributed by atoms with E-state index in [1.165, 1.54) is 19.2 Å². The maximum absolute atomic E-state index is 13.2. The van der Waals surface area contributed by atoms with Crippen molar-refractivity contribution in [2.24, 2.45) is 7.05 Å². The quantitative estimate of drug-likeness (QED) is 0.692. The number of rotatable bonds is 3. The van der Waals surface area contributed by atoms with Gasteiger partial charge in [-0.25, -0.2) is 14.2 Å². The molecule has 0 aliphatic heterocycles. The summed E-state index contributed by atoms with van der Waals surface area (Å²) in [5, 5.41) is 5.33. The van der Waals surface area contributed by atoms with Crippen LogP contribution in [0.2, 0.25) is 0 Å². The number of fused-ring (bicyclic) bond motifs is 1. The Bertz CT molecular complexity index is 943. The predicted molar refractivity (Wildman–Crippen MR) is 87.2 cm³/mol. The molecule has 1 aromatic carbocycles. The molecule has 0 amide bonds. The molecule has 1 aliphatic carbocycles. The second kappa shape index (κ2) is 5.40. The van der Waals surface area contributed by atoms with E-state index in [2.05, 4.69) is 10.1 Å². The highest BCUT2D eigenvalue weighted by Gasteiger charge is 2.32. The summed E-state index contributed by atoms with van der Waals surface area (Å²) in [6.07, 6.45) is 2.15. The summed E-state index contributed by atoms with van der Waals surface area (Å²) in [5.74, 6) is -0.346. The summed E-state index contributed by atoms with van der Waals surface area (Å²) in [7, 11) is 3.18. The zero-order valence-electron chi connectivity index (χ0n) is 13.4. The SMILES string of the molecule is COC(=O)c1cc(-c2ccc(F)cc2)nc2c1c(C1CC1)nn2C. The Labute approximate surface area is 138 Å². The number of methoxy groups -OCH3 is 1. The molecule has 3 aromatic rings. The number of nitrogens with zero attached hydrogens (tertiary/aromatic N) is 3. The van der Waals surface area contributed by atoms with Crippen LogP contribution in [-0.4, -0.2) is 27.8 Å². The molecule has 1 saturated carbocycles. The van der Waals surface area contributed by atoms with Gasteiger partial charge in [-0.05, 0) is 43.2 Å². The first-order chi connectivity index (χ1) is 11.6. The first-order valence-electron chi connectivity index (χ1n) is 7.80. The summed E-state index contributed by atoms with van der Waals surface area (Å²) < 4.78 is 19.8. The monoisotopic (exact) mass is 325 g/mol. The smallest absolute Gasteiger partial charge is 0.338 e. The van der Waals surface area contributed by atoms with Crippen LogP contribution in [0.5, 0.6) is 0 Å². The van der Waals surface area contributed by atoms with Crippen LogP contribution >= 0.6 is 0 Å². The number of benzene rings is 1. The third-order valence-corrected chi connectivity index (χ3v) is 4.33. The summed E-state index contributed by atoms with van der Waals surface area (Å²) >= 11 is 0. The van der Waals surface area contributed by atoms with E-state index in [-0.39, 0.29) is 5.82 Å². The highest BCUT2D eigenvalue weighted by atomic mass is 19.1. The van der Waals surface area contributed by atoms with Gasteiger partial charge in [0, 0.05) is 18.5 Å². The fourth-order valence-corrected chi connectivity index (χ4v) is 2.96. The first kappa shape index (κ1) is 14.8. The van der Waals surface area contributed by atoms with Crippen molar-refractivity contribution in [2.45, 2.75) is 18.8 Å². The van der Waals surface area contributed by atoms with Crippen LogP contribution in [0.3, 0.4) is 0 Å². The number of halogens is 1. The van der Waals surface area contributed by atoms with Gasteiger partial charge in [0.25, 0.3) is 0 Å². The molecule has 1 fully saturated rings. The molecule has 2 heterocycles. The first-order valence-corrected chi connectivity index (χ1v) is 7.80. The fourth-order valence-electron chi connectivity index (χ4n) is 2.96. The summed E-state index contributed by atoms with van der Waals surface area (Å²) in [6.45, 7) is 0. The molecule has 6 heteroatoms. The number of hydrogen-bond acceptors (Lipinski definition) is 4. The molecule has 0 N–H and O–H groups in total. The van der Waals surface area contributed by atoms with Gasteiger partial charge in [-0.15, -0.1) is 0 Å². The number of pyridine rings is 1. The molecule has 24 heavy (non-hydrogen) atoms. The lowest BCUT2D eigenvalue weighted by Crippen LogP contribution is -2.04. The molecular formula is C18H16FN3O2. The fraction of sp³-hybridized carbons (Fsp3) is 0.278. The topological polar surface area (TPSA) is 57.0 Å². The van der Waals surface area contributed by atoms with Crippen molar-refractivity contribution in [1.29, 1.82) is 0 Å². The number of esters is 1. The second-order valence-corrected chi connectivity index (χ2v) is 6.04. The van der Waals surface area contributed by atoms with Crippen molar-refractivity contribution >= 4 is 17.0 Å². The lowest BCUT2D eigenvalue weighted by Gasteiger charge is -2.07. The minimum absolute atomic E-state index is 0.315. The largest absolute Gasteiger partial charge is 0.465 e. The van der Waals surface area contributed by atoms with Gasteiger partial charge >= 0.3 is 5.97 Å². The Balaban J connectivity index is 1.99. The van der Waals surface area contributed by atoms with E-state index in [0.717, 1.165) is 29.5 Å². The van der Waals surface area contributed by atoms with Crippen LogP contribution in [-0.2, 0) is 11.8 Å². The zero-order valence-corrected chi connectivity index (χ0v) is 13.4. The minimum atomic E-state index is -0.416. The van der Waals surface area contributed by atoms with E-state index in [1.54, 1.807) is 22.9 Å². The van der Waals surface area contributed by atoms with Gasteiger partial charge in [-0.2, -0.15) is 5.10 Å². The van der Waals surface area contributed by atoms with Gasteiger partial charge in [0.1, 0.15) is 5.82 Å². The van der Waals surface area contributed by atoms with Crippen molar-refractivity contribution < 1.29 is 13.9 Å². The molecule has 2 aromatic heterocycles. The van der Waals surface area contributed by atoms with Crippen LogP contribution < -0.4 is 0 Å². The van der Waals surface area contributed by atoms with E-state index < -0.39 is 5.97 Å². The van der Waals surface area contributed by atoms with Crippen LogP contribution in [0.4, 0.5) is 4.39 Å². The Morgan fingerprint density at radius 1 is 1.29 bits per heavy atom. The van der Waals surface area contributed by atoms with E-state index in [0.29, 0.717) is 22.8 Å². The third kappa shape index (κ3) is 2.35. The average molecular weight is 325 g/mol. The number of carbonyl (C=O) groups is 1. The van der Waals surface area contributed by atoms with Crippen LogP contribution in [0, 0.1) is 5.82 Å². The highest BCUT2D eigenvalue weighted by molar-refractivity contribution is 6.05. The minimum Gasteiger partial charge on any atom is -0.465 e. The number of hydrogen-bond donors (Lipinski definition) is 0. The lowest BCUT2D eigenvalue weighted by atomic mass is 10.0. The summed E-state index contributed by atoms with van der Waals surface area (Å²) in [5.41, 5.74) is 3.33. The summed E-state index contributed by atoms with van der Waals surface area (Å²) in [6, 6.07) is 7.73. The van der Waals surface area contributed by atoms with Gasteiger partial charge < -0.3 is 4.74 Å². The molecule has 0 radical (unpaired) electrons. The van der Waals surface area contributed by atoms with Crippen molar-refractivity contribution in [1.82, 2.24) is 14.8 Å². The maximum Gasteiger partial charge on any atom is 0.338 e. The van der Waals surface area contributed by atoms with Gasteiger partial charge in [0.2, 0.25) is 0 Å². The third-order valence-electron chi connectivity index (χ3n) is 4.33. The zero-order chi connectivity index (χ0) is 16.8. The highest BCUT2D eigenvalue weighted by Crippen LogP contribution is 2.43. The number of aromatic nitrogens is 3. The molecule has 0 unspecified atom stereocenters. The van der Waals surface area contributed by atoms with Gasteiger partial charge in [0.05, 0.1) is 29.4 Å². The maximum atomic E-state index is 13.2. The Morgan fingerprint density at radius 3 is 2.62 bits per heavy atom. The Morgan fingerprint density at radius 2 is 2.00 bits per heavy atom.